The molecule has 0 N–H and O–H groups in total. The van der Waals surface area contributed by atoms with Crippen LogP contribution in [-0.2, 0) is 17.9 Å². The number of likely N-dealkylation sites (N-methyl/N-ethyl adjacent to an activating group) is 1. The molecule has 0 saturated carbocycles. The van der Waals surface area contributed by atoms with E-state index < -0.39 is 0 Å². The molecule has 1 saturated heterocycles. The van der Waals surface area contributed by atoms with Gasteiger partial charge in [-0.25, -0.2) is 0 Å². The predicted molar refractivity (Wildman–Crippen MR) is 124 cm³/mol. The maximum absolute atomic E-state index is 13.1. The molecule has 1 amide bonds. The fraction of sp³-hybridized carbons (Fsp3) is 0.360. The molecule has 2 heterocycles. The summed E-state index contributed by atoms with van der Waals surface area (Å²) in [5.41, 5.74) is 3.57. The van der Waals surface area contributed by atoms with Crippen LogP contribution in [-0.4, -0.2) is 64.8 Å². The van der Waals surface area contributed by atoms with Gasteiger partial charge in [-0.2, -0.15) is 5.10 Å². The Kier molecular flexibility index (Phi) is 6.67. The summed E-state index contributed by atoms with van der Waals surface area (Å²) < 4.78 is 1.95. The van der Waals surface area contributed by atoms with Crippen molar-refractivity contribution in [1.82, 2.24) is 19.6 Å². The molecule has 0 spiro atoms. The second kappa shape index (κ2) is 9.79. The van der Waals surface area contributed by atoms with Crippen molar-refractivity contribution in [2.24, 2.45) is 0 Å². The Morgan fingerprint density at radius 3 is 2.29 bits per heavy atom. The molecule has 1 aliphatic heterocycles. The monoisotopic (exact) mass is 417 g/mol. The molecule has 6 nitrogen and oxygen atoms in total. The number of piperazine rings is 1. The van der Waals surface area contributed by atoms with Crippen LogP contribution in [0.3, 0.4) is 0 Å². The minimum absolute atomic E-state index is 0.166. The lowest BCUT2D eigenvalue weighted by Gasteiger charge is -2.38. The van der Waals surface area contributed by atoms with Crippen LogP contribution in [0.4, 0.5) is 5.69 Å². The van der Waals surface area contributed by atoms with E-state index in [0.717, 1.165) is 38.3 Å². The summed E-state index contributed by atoms with van der Waals surface area (Å²) in [5.74, 6) is 0.201. The molecule has 0 radical (unpaired) electrons. The van der Waals surface area contributed by atoms with Crippen LogP contribution in [0, 0.1) is 0 Å². The quantitative estimate of drug-likeness (QED) is 0.593. The van der Waals surface area contributed by atoms with Gasteiger partial charge in [-0.1, -0.05) is 48.5 Å². The highest BCUT2D eigenvalue weighted by molar-refractivity contribution is 5.81. The van der Waals surface area contributed by atoms with Gasteiger partial charge in [0.05, 0.1) is 18.8 Å². The molecule has 3 aromatic rings. The molecule has 1 aromatic heterocycles. The van der Waals surface area contributed by atoms with Crippen LogP contribution in [0.5, 0.6) is 0 Å². The third kappa shape index (κ3) is 5.33. The first kappa shape index (κ1) is 21.1. The number of benzene rings is 2. The van der Waals surface area contributed by atoms with Gasteiger partial charge in [0.25, 0.3) is 0 Å². The highest BCUT2D eigenvalue weighted by Gasteiger charge is 2.27. The Labute approximate surface area is 184 Å². The van der Waals surface area contributed by atoms with E-state index >= 15 is 0 Å². The van der Waals surface area contributed by atoms with Crippen LogP contribution in [0.1, 0.15) is 18.1 Å². The number of carbonyl (C=O) groups excluding carboxylic acids is 1. The second-order valence-electron chi connectivity index (χ2n) is 8.27. The Bertz CT molecular complexity index is 964. The number of nitrogens with zero attached hydrogens (tertiary/aromatic N) is 5. The summed E-state index contributed by atoms with van der Waals surface area (Å²) in [7, 11) is 2.01. The average molecular weight is 418 g/mol. The van der Waals surface area contributed by atoms with E-state index in [4.69, 9.17) is 0 Å². The summed E-state index contributed by atoms with van der Waals surface area (Å²) in [6.07, 6.45) is 3.97. The molecule has 2 aromatic carbocycles. The molecule has 31 heavy (non-hydrogen) atoms. The summed E-state index contributed by atoms with van der Waals surface area (Å²) >= 11 is 0. The number of aromatic nitrogens is 2. The maximum atomic E-state index is 13.1. The molecule has 162 valence electrons. The van der Waals surface area contributed by atoms with Gasteiger partial charge in [-0.15, -0.1) is 0 Å². The predicted octanol–water partition coefficient (Wildman–Crippen LogP) is 3.10. The van der Waals surface area contributed by atoms with Crippen molar-refractivity contribution in [3.63, 3.8) is 0 Å². The minimum Gasteiger partial charge on any atom is -0.368 e. The molecule has 0 aliphatic carbocycles. The highest BCUT2D eigenvalue weighted by atomic mass is 16.2. The SMILES string of the molecule is C[C@H](C(=O)N1CCN(c2ccccc2)CC1)N(C)Cc1cnn(Cc2ccccc2)c1. The van der Waals surface area contributed by atoms with Crippen molar-refractivity contribution in [3.05, 3.63) is 84.2 Å². The number of rotatable bonds is 7. The number of hydrogen-bond acceptors (Lipinski definition) is 4. The Morgan fingerprint density at radius 1 is 0.968 bits per heavy atom. The smallest absolute Gasteiger partial charge is 0.239 e. The number of amides is 1. The van der Waals surface area contributed by atoms with E-state index in [-0.39, 0.29) is 11.9 Å². The first-order chi connectivity index (χ1) is 15.1. The van der Waals surface area contributed by atoms with Crippen LogP contribution in [0.25, 0.3) is 0 Å². The van der Waals surface area contributed by atoms with Crippen molar-refractivity contribution in [3.8, 4) is 0 Å². The van der Waals surface area contributed by atoms with E-state index in [9.17, 15) is 4.79 Å². The largest absolute Gasteiger partial charge is 0.368 e. The van der Waals surface area contributed by atoms with Crippen molar-refractivity contribution < 1.29 is 4.79 Å². The summed E-state index contributed by atoms with van der Waals surface area (Å²) in [5, 5.41) is 4.48. The maximum Gasteiger partial charge on any atom is 0.239 e. The molecular weight excluding hydrogens is 386 g/mol. The molecule has 1 atom stereocenters. The minimum atomic E-state index is -0.166. The van der Waals surface area contributed by atoms with Gasteiger partial charge in [0.1, 0.15) is 0 Å². The number of anilines is 1. The van der Waals surface area contributed by atoms with E-state index in [1.165, 1.54) is 11.3 Å². The number of para-hydroxylation sites is 1. The Morgan fingerprint density at radius 2 is 1.61 bits per heavy atom. The third-order valence-electron chi connectivity index (χ3n) is 6.04. The van der Waals surface area contributed by atoms with Crippen LogP contribution >= 0.6 is 0 Å². The zero-order valence-electron chi connectivity index (χ0n) is 18.4. The zero-order valence-corrected chi connectivity index (χ0v) is 18.4. The fourth-order valence-corrected chi connectivity index (χ4v) is 4.05. The summed E-state index contributed by atoms with van der Waals surface area (Å²) in [6.45, 7) is 6.73. The van der Waals surface area contributed by atoms with E-state index in [1.807, 2.05) is 54.0 Å². The van der Waals surface area contributed by atoms with E-state index in [2.05, 4.69) is 57.5 Å². The second-order valence-corrected chi connectivity index (χ2v) is 8.27. The van der Waals surface area contributed by atoms with Crippen molar-refractivity contribution in [2.75, 3.05) is 38.1 Å². The van der Waals surface area contributed by atoms with Crippen LogP contribution < -0.4 is 4.90 Å². The van der Waals surface area contributed by atoms with Crippen LogP contribution in [0.2, 0.25) is 0 Å². The number of carbonyl (C=O) groups is 1. The lowest BCUT2D eigenvalue weighted by molar-refractivity contribution is -0.136. The molecular formula is C25H31N5O. The van der Waals surface area contributed by atoms with E-state index in [0.29, 0.717) is 6.54 Å². The molecule has 4 rings (SSSR count). The average Bonchev–Trinajstić information content (AvgIpc) is 3.26. The number of hydrogen-bond donors (Lipinski definition) is 0. The Hall–Kier alpha value is -3.12. The van der Waals surface area contributed by atoms with Crippen molar-refractivity contribution in [2.45, 2.75) is 26.1 Å². The molecule has 0 unspecified atom stereocenters. The standard InChI is InChI=1S/C25H31N5O/c1-21(25(31)29-15-13-28(14-16-29)24-11-7-4-8-12-24)27(2)18-23-17-26-30(20-23)19-22-9-5-3-6-10-22/h3-12,17,20-21H,13-16,18-19H2,1-2H3/t21-/m1/s1. The first-order valence-electron chi connectivity index (χ1n) is 10.9. The first-order valence-corrected chi connectivity index (χ1v) is 10.9. The van der Waals surface area contributed by atoms with Crippen molar-refractivity contribution >= 4 is 11.6 Å². The molecule has 1 fully saturated rings. The topological polar surface area (TPSA) is 44.6 Å². The van der Waals surface area contributed by atoms with Crippen molar-refractivity contribution in [1.29, 1.82) is 0 Å². The lowest BCUT2D eigenvalue weighted by atomic mass is 10.2. The van der Waals surface area contributed by atoms with Gasteiger partial charge in [0, 0.05) is 50.2 Å². The van der Waals surface area contributed by atoms with Gasteiger partial charge in [-0.3, -0.25) is 14.4 Å². The van der Waals surface area contributed by atoms with Gasteiger partial charge < -0.3 is 9.80 Å². The lowest BCUT2D eigenvalue weighted by Crippen LogP contribution is -2.53. The van der Waals surface area contributed by atoms with Crippen LogP contribution in [0.15, 0.2) is 73.1 Å². The highest BCUT2D eigenvalue weighted by Crippen LogP contribution is 2.17. The summed E-state index contributed by atoms with van der Waals surface area (Å²) in [6, 6.07) is 20.6. The fourth-order valence-electron chi connectivity index (χ4n) is 4.05. The van der Waals surface area contributed by atoms with Gasteiger partial charge >= 0.3 is 0 Å². The van der Waals surface area contributed by atoms with Gasteiger partial charge in [-0.05, 0) is 31.7 Å². The molecule has 6 heteroatoms. The van der Waals surface area contributed by atoms with Gasteiger partial charge in [0.2, 0.25) is 5.91 Å². The van der Waals surface area contributed by atoms with Gasteiger partial charge in [0.15, 0.2) is 0 Å². The Balaban J connectivity index is 1.28. The van der Waals surface area contributed by atoms with E-state index in [1.54, 1.807) is 0 Å². The molecule has 1 aliphatic rings. The summed E-state index contributed by atoms with van der Waals surface area (Å²) in [4.78, 5) is 19.5. The molecule has 0 bridgehead atoms. The zero-order chi connectivity index (χ0) is 21.6. The third-order valence-corrected chi connectivity index (χ3v) is 6.04. The normalized spacial score (nSPS) is 15.3.